The highest BCUT2D eigenvalue weighted by molar-refractivity contribution is 5.97. The second-order valence-corrected chi connectivity index (χ2v) is 14.8. The van der Waals surface area contributed by atoms with Crippen molar-refractivity contribution in [2.75, 3.05) is 5.32 Å². The van der Waals surface area contributed by atoms with Crippen molar-refractivity contribution in [1.82, 2.24) is 20.2 Å². The summed E-state index contributed by atoms with van der Waals surface area (Å²) in [6.07, 6.45) is 0.179. The molecule has 55 heavy (non-hydrogen) atoms. The summed E-state index contributed by atoms with van der Waals surface area (Å²) in [6.45, 7) is 8.28. The Hall–Kier alpha value is -5.67. The van der Waals surface area contributed by atoms with E-state index in [1.807, 2.05) is 13.8 Å². The van der Waals surface area contributed by atoms with E-state index in [2.05, 4.69) is 16.0 Å². The molecule has 4 atom stereocenters. The molecule has 3 aliphatic rings. The molecule has 7 rings (SSSR count). The van der Waals surface area contributed by atoms with Crippen LogP contribution in [0.25, 0.3) is 22.3 Å². The number of carbonyl (C=O) groups is 4. The third kappa shape index (κ3) is 6.50. The minimum atomic E-state index is -2.01. The molecule has 0 spiro atoms. The zero-order valence-corrected chi connectivity index (χ0v) is 31.2. The van der Waals surface area contributed by atoms with Gasteiger partial charge in [-0.1, -0.05) is 32.9 Å². The van der Waals surface area contributed by atoms with Crippen molar-refractivity contribution >= 4 is 40.5 Å². The third-order valence-electron chi connectivity index (χ3n) is 11.0. The van der Waals surface area contributed by atoms with Crippen molar-refractivity contribution in [2.24, 2.45) is 11.7 Å². The number of aliphatic hydroxyl groups is 1. The summed E-state index contributed by atoms with van der Waals surface area (Å²) in [5.41, 5.74) is 8.70. The van der Waals surface area contributed by atoms with Crippen LogP contribution in [0.4, 0.5) is 14.9 Å². The normalized spacial score (nSPS) is 19.1. The van der Waals surface area contributed by atoms with E-state index in [1.165, 1.54) is 10.6 Å². The predicted octanol–water partition coefficient (Wildman–Crippen LogP) is 3.87. The Balaban J connectivity index is 1.11. The molecular weight excluding hydrogens is 711 g/mol. The summed E-state index contributed by atoms with van der Waals surface area (Å²) in [7, 11) is 0. The maximum absolute atomic E-state index is 15.3. The van der Waals surface area contributed by atoms with Crippen LogP contribution in [-0.2, 0) is 55.6 Å². The number of cyclic esters (lactones) is 1. The van der Waals surface area contributed by atoms with Crippen LogP contribution in [-0.4, -0.2) is 50.6 Å². The van der Waals surface area contributed by atoms with Crippen molar-refractivity contribution in [2.45, 2.75) is 97.4 Å². The molecule has 2 aliphatic heterocycles. The number of fused-ring (bicyclic) bond motifs is 5. The number of nitrogens with two attached hydrogens (primary N) is 1. The monoisotopic (exact) mass is 754 g/mol. The first-order chi connectivity index (χ1) is 26.1. The molecule has 4 aromatic rings. The fraction of sp³-hybridized carbons (Fsp3) is 0.400. The highest BCUT2D eigenvalue weighted by Crippen LogP contribution is 2.46. The molecule has 1 aliphatic carbocycles. The van der Waals surface area contributed by atoms with E-state index in [0.717, 1.165) is 5.56 Å². The number of esters is 1. The quantitative estimate of drug-likeness (QED) is 0.138. The predicted molar refractivity (Wildman–Crippen MR) is 199 cm³/mol. The molecule has 0 fully saturated rings. The lowest BCUT2D eigenvalue weighted by atomic mass is 9.81. The maximum Gasteiger partial charge on any atom is 0.407 e. The summed E-state index contributed by atoms with van der Waals surface area (Å²) in [6, 6.07) is 7.52. The smallest absolute Gasteiger partial charge is 0.407 e. The summed E-state index contributed by atoms with van der Waals surface area (Å²) in [5, 5.41) is 20.3. The van der Waals surface area contributed by atoms with Gasteiger partial charge in [0.15, 0.2) is 5.60 Å². The van der Waals surface area contributed by atoms with Gasteiger partial charge in [0.25, 0.3) is 5.56 Å². The van der Waals surface area contributed by atoms with Gasteiger partial charge in [-0.25, -0.2) is 19.0 Å². The Morgan fingerprint density at radius 2 is 1.84 bits per heavy atom. The van der Waals surface area contributed by atoms with E-state index in [-0.39, 0.29) is 43.2 Å². The van der Waals surface area contributed by atoms with Gasteiger partial charge in [0.1, 0.15) is 25.1 Å². The molecule has 0 saturated heterocycles. The van der Waals surface area contributed by atoms with E-state index < -0.39 is 59.0 Å². The second kappa shape index (κ2) is 14.2. The van der Waals surface area contributed by atoms with Crippen molar-refractivity contribution in [3.05, 3.63) is 91.5 Å². The number of nitrogens with one attached hydrogen (secondary N) is 3. The van der Waals surface area contributed by atoms with E-state index >= 15 is 4.39 Å². The topological polar surface area (TPSA) is 204 Å². The number of anilines is 1. The molecule has 15 heteroatoms. The molecule has 4 unspecified atom stereocenters. The Bertz CT molecular complexity index is 2340. The summed E-state index contributed by atoms with van der Waals surface area (Å²) in [5.74, 6) is -2.18. The number of halogens is 1. The Morgan fingerprint density at radius 1 is 1.11 bits per heavy atom. The summed E-state index contributed by atoms with van der Waals surface area (Å²) < 4.78 is 27.6. The third-order valence-corrected chi connectivity index (χ3v) is 11.0. The number of hydrogen-bond acceptors (Lipinski definition) is 10. The van der Waals surface area contributed by atoms with Gasteiger partial charge in [-0.05, 0) is 79.5 Å². The Kier molecular flexibility index (Phi) is 9.71. The second-order valence-electron chi connectivity index (χ2n) is 14.8. The van der Waals surface area contributed by atoms with E-state index in [0.29, 0.717) is 63.1 Å². The zero-order chi connectivity index (χ0) is 39.5. The molecule has 0 saturated carbocycles. The van der Waals surface area contributed by atoms with Crippen LogP contribution >= 0.6 is 0 Å². The maximum atomic E-state index is 15.3. The molecule has 6 N–H and O–H groups in total. The van der Waals surface area contributed by atoms with Crippen LogP contribution in [0.5, 0.6) is 0 Å². The number of amides is 3. The number of ether oxygens (including phenoxy) is 2. The van der Waals surface area contributed by atoms with Gasteiger partial charge in [0.05, 0.1) is 41.1 Å². The van der Waals surface area contributed by atoms with Gasteiger partial charge in [0, 0.05) is 28.3 Å². The number of carbonyl (C=O) groups excluding carboxylic acids is 4. The van der Waals surface area contributed by atoms with Crippen LogP contribution in [0.15, 0.2) is 41.2 Å². The van der Waals surface area contributed by atoms with Gasteiger partial charge in [-0.2, -0.15) is 0 Å². The minimum Gasteiger partial charge on any atom is -0.458 e. The Morgan fingerprint density at radius 3 is 2.53 bits per heavy atom. The van der Waals surface area contributed by atoms with Gasteiger partial charge < -0.3 is 40.8 Å². The molecule has 4 heterocycles. The van der Waals surface area contributed by atoms with E-state index in [4.69, 9.17) is 20.2 Å². The number of alkyl carbamates (subject to hydrolysis) is 1. The molecule has 288 valence electrons. The van der Waals surface area contributed by atoms with Crippen LogP contribution in [0, 0.1) is 18.7 Å². The fourth-order valence-electron chi connectivity index (χ4n) is 7.64. The molecule has 3 amide bonds. The SMILES string of the molecule is CCC1(O)C(=O)OCc2c1cc1n(c2=O)Cc2c-1nc1cc(F)c(C)c3c1c2C(NC(=O)OCc1ccc(NC(=O)C(C)NC(=O)C(N)C(C)C)cc1)CC3. The van der Waals surface area contributed by atoms with Crippen LogP contribution < -0.4 is 27.2 Å². The van der Waals surface area contributed by atoms with E-state index in [9.17, 15) is 29.1 Å². The van der Waals surface area contributed by atoms with Gasteiger partial charge in [0.2, 0.25) is 11.8 Å². The number of pyridine rings is 2. The number of benzene rings is 2. The van der Waals surface area contributed by atoms with Crippen molar-refractivity contribution < 1.29 is 38.1 Å². The number of aryl methyl sites for hydroxylation is 1. The molecule has 14 nitrogen and oxygen atoms in total. The molecule has 2 aromatic heterocycles. The average molecular weight is 755 g/mol. The molecule has 0 bridgehead atoms. The lowest BCUT2D eigenvalue weighted by molar-refractivity contribution is -0.172. The highest BCUT2D eigenvalue weighted by atomic mass is 19.1. The zero-order valence-electron chi connectivity index (χ0n) is 31.2. The minimum absolute atomic E-state index is 0.0115. The lowest BCUT2D eigenvalue weighted by Gasteiger charge is -2.31. The van der Waals surface area contributed by atoms with Crippen molar-refractivity contribution in [3.63, 3.8) is 0 Å². The molecule has 2 aromatic carbocycles. The van der Waals surface area contributed by atoms with Gasteiger partial charge in [-0.15, -0.1) is 0 Å². The van der Waals surface area contributed by atoms with Crippen LogP contribution in [0.3, 0.4) is 0 Å². The van der Waals surface area contributed by atoms with Crippen LogP contribution in [0.2, 0.25) is 0 Å². The fourth-order valence-corrected chi connectivity index (χ4v) is 7.64. The van der Waals surface area contributed by atoms with Crippen LogP contribution in [0.1, 0.15) is 85.5 Å². The first kappa shape index (κ1) is 37.6. The van der Waals surface area contributed by atoms with Gasteiger partial charge >= 0.3 is 12.1 Å². The largest absolute Gasteiger partial charge is 0.458 e. The molecule has 0 radical (unpaired) electrons. The molecular formula is C40H43FN6O8. The Labute approximate surface area is 315 Å². The standard InChI is InChI=1S/C40H43FN6O8/c1-6-40(53)26-13-30-34-24(15-47(30)37(50)25(26)17-54-38(40)51)32-28(12-11-23-19(4)27(41)14-29(45-34)31(23)32)46-39(52)55-16-21-7-9-22(10-8-21)44-35(48)20(5)43-36(49)33(42)18(2)3/h7-10,13-14,18,20,28,33,53H,6,11-12,15-17,42H2,1-5H3,(H,43,49)(H,44,48)(H,46,52). The highest BCUT2D eigenvalue weighted by Gasteiger charge is 2.46. The number of aromatic nitrogens is 2. The summed E-state index contributed by atoms with van der Waals surface area (Å²) in [4.78, 5) is 69.6. The lowest BCUT2D eigenvalue weighted by Crippen LogP contribution is -2.50. The number of rotatable bonds is 9. The average Bonchev–Trinajstić information content (AvgIpc) is 3.53. The van der Waals surface area contributed by atoms with Crippen molar-refractivity contribution in [3.8, 4) is 11.4 Å². The van der Waals surface area contributed by atoms with Gasteiger partial charge in [-0.3, -0.25) is 14.4 Å². The van der Waals surface area contributed by atoms with Crippen molar-refractivity contribution in [1.29, 1.82) is 0 Å². The number of hydrogen-bond donors (Lipinski definition) is 5. The first-order valence-electron chi connectivity index (χ1n) is 18.3. The summed E-state index contributed by atoms with van der Waals surface area (Å²) >= 11 is 0. The first-order valence-corrected chi connectivity index (χ1v) is 18.3. The number of nitrogens with zero attached hydrogens (tertiary/aromatic N) is 2. The van der Waals surface area contributed by atoms with E-state index in [1.54, 1.807) is 51.1 Å².